The van der Waals surface area contributed by atoms with Crippen LogP contribution >= 0.6 is 11.3 Å². The highest BCUT2D eigenvalue weighted by Gasteiger charge is 2.22. The van der Waals surface area contributed by atoms with Crippen LogP contribution in [0.15, 0.2) is 46.2 Å². The first-order valence-corrected chi connectivity index (χ1v) is 8.88. The molecule has 0 aliphatic heterocycles. The molecule has 0 fully saturated rings. The number of nitrogens with zero attached hydrogens (tertiary/aromatic N) is 3. The normalized spacial score (nSPS) is 13.7. The molecule has 6 heteroatoms. The second-order valence-corrected chi connectivity index (χ2v) is 7.18. The summed E-state index contributed by atoms with van der Waals surface area (Å²) >= 11 is 1.61. The highest BCUT2D eigenvalue weighted by Crippen LogP contribution is 2.24. The average molecular weight is 343 g/mol. The zero-order chi connectivity index (χ0) is 17.1. The second-order valence-electron chi connectivity index (χ2n) is 6.23. The molecule has 3 rings (SSSR count). The lowest BCUT2D eigenvalue weighted by Gasteiger charge is -2.19. The minimum Gasteiger partial charge on any atom is -0.414 e. The topological polar surface area (TPSA) is 46.6 Å². The SMILES string of the molecule is C[C@@H](c1nnc(-c2cccs2)o1)[NH+](C)Cc1ccc(N(C)C)cc1. The van der Waals surface area contributed by atoms with Gasteiger partial charge >= 0.3 is 0 Å². The predicted molar refractivity (Wildman–Crippen MR) is 97.4 cm³/mol. The predicted octanol–water partition coefficient (Wildman–Crippen LogP) is 2.64. The van der Waals surface area contributed by atoms with Crippen molar-refractivity contribution in [3.63, 3.8) is 0 Å². The van der Waals surface area contributed by atoms with Crippen molar-refractivity contribution in [3.8, 4) is 10.8 Å². The Bertz CT molecular complexity index is 765. The van der Waals surface area contributed by atoms with Gasteiger partial charge in [-0.2, -0.15) is 0 Å². The molecule has 0 amide bonds. The Morgan fingerprint density at radius 3 is 2.54 bits per heavy atom. The molecule has 0 bridgehead atoms. The summed E-state index contributed by atoms with van der Waals surface area (Å²) in [6, 6.07) is 12.8. The Balaban J connectivity index is 1.67. The Hall–Kier alpha value is -2.18. The number of aromatic nitrogens is 2. The molecule has 0 spiro atoms. The van der Waals surface area contributed by atoms with Crippen LogP contribution in [0.1, 0.15) is 24.4 Å². The number of thiophene rings is 1. The molecule has 5 nitrogen and oxygen atoms in total. The zero-order valence-electron chi connectivity index (χ0n) is 14.5. The average Bonchev–Trinajstić information content (AvgIpc) is 3.25. The molecule has 24 heavy (non-hydrogen) atoms. The van der Waals surface area contributed by atoms with E-state index in [2.05, 4.69) is 67.4 Å². The quantitative estimate of drug-likeness (QED) is 0.747. The first kappa shape index (κ1) is 16.7. The largest absolute Gasteiger partial charge is 0.414 e. The zero-order valence-corrected chi connectivity index (χ0v) is 15.3. The van der Waals surface area contributed by atoms with Crippen LogP contribution in [0.25, 0.3) is 10.8 Å². The summed E-state index contributed by atoms with van der Waals surface area (Å²) in [5, 5.41) is 10.4. The van der Waals surface area contributed by atoms with E-state index in [0.717, 1.165) is 11.4 Å². The third kappa shape index (κ3) is 3.66. The van der Waals surface area contributed by atoms with Crippen LogP contribution in [-0.4, -0.2) is 31.3 Å². The van der Waals surface area contributed by atoms with Crippen molar-refractivity contribution in [1.82, 2.24) is 10.2 Å². The fraction of sp³-hybridized carbons (Fsp3) is 0.333. The molecule has 1 aromatic carbocycles. The molecular weight excluding hydrogens is 320 g/mol. The second kappa shape index (κ2) is 7.15. The van der Waals surface area contributed by atoms with Crippen molar-refractivity contribution in [2.45, 2.75) is 19.5 Å². The summed E-state index contributed by atoms with van der Waals surface area (Å²) in [6.07, 6.45) is 0. The van der Waals surface area contributed by atoms with Gasteiger partial charge in [-0.3, -0.25) is 0 Å². The van der Waals surface area contributed by atoms with Gasteiger partial charge in [-0.05, 0) is 30.5 Å². The fourth-order valence-electron chi connectivity index (χ4n) is 2.51. The Morgan fingerprint density at radius 2 is 1.92 bits per heavy atom. The summed E-state index contributed by atoms with van der Waals surface area (Å²) < 4.78 is 5.86. The minimum absolute atomic E-state index is 0.139. The Labute approximate surface area is 146 Å². The van der Waals surface area contributed by atoms with E-state index >= 15 is 0 Å². The maximum absolute atomic E-state index is 5.86. The van der Waals surface area contributed by atoms with Crippen LogP contribution in [0, 0.1) is 0 Å². The molecule has 0 saturated carbocycles. The fourth-order valence-corrected chi connectivity index (χ4v) is 3.15. The third-order valence-corrected chi connectivity index (χ3v) is 5.08. The molecule has 3 aromatic rings. The Morgan fingerprint density at radius 1 is 1.17 bits per heavy atom. The number of hydrogen-bond donors (Lipinski definition) is 1. The lowest BCUT2D eigenvalue weighted by molar-refractivity contribution is -0.925. The lowest BCUT2D eigenvalue weighted by atomic mass is 10.1. The molecule has 126 valence electrons. The van der Waals surface area contributed by atoms with E-state index in [1.807, 2.05) is 17.5 Å². The van der Waals surface area contributed by atoms with E-state index in [4.69, 9.17) is 4.42 Å². The van der Waals surface area contributed by atoms with E-state index in [1.165, 1.54) is 16.2 Å². The maximum atomic E-state index is 5.86. The number of hydrogen-bond acceptors (Lipinski definition) is 5. The van der Waals surface area contributed by atoms with Crippen molar-refractivity contribution in [1.29, 1.82) is 0 Å². The first-order chi connectivity index (χ1) is 11.5. The molecule has 2 atom stereocenters. The molecule has 0 aliphatic carbocycles. The minimum atomic E-state index is 0.139. The van der Waals surface area contributed by atoms with Crippen LogP contribution in [0.3, 0.4) is 0 Å². The van der Waals surface area contributed by atoms with E-state index in [1.54, 1.807) is 11.3 Å². The van der Waals surface area contributed by atoms with Gasteiger partial charge in [0.15, 0.2) is 6.04 Å². The highest BCUT2D eigenvalue weighted by atomic mass is 32.1. The number of quaternary nitrogens is 1. The third-order valence-electron chi connectivity index (χ3n) is 4.22. The van der Waals surface area contributed by atoms with Gasteiger partial charge in [-0.1, -0.05) is 18.2 Å². The molecule has 2 aromatic heterocycles. The van der Waals surface area contributed by atoms with Gasteiger partial charge in [0, 0.05) is 25.3 Å². The van der Waals surface area contributed by atoms with E-state index < -0.39 is 0 Å². The summed E-state index contributed by atoms with van der Waals surface area (Å²) in [4.78, 5) is 4.43. The molecule has 0 saturated heterocycles. The standard InChI is InChI=1S/C18H22N4OS/c1-13(17-19-20-18(23-17)16-6-5-11-24-16)22(4)12-14-7-9-15(10-8-14)21(2)3/h5-11,13H,12H2,1-4H3/p+1/t13-/m0/s1. The molecule has 1 N–H and O–H groups in total. The smallest absolute Gasteiger partial charge is 0.274 e. The van der Waals surface area contributed by atoms with Gasteiger partial charge in [0.1, 0.15) is 6.54 Å². The van der Waals surface area contributed by atoms with Gasteiger partial charge in [-0.25, -0.2) is 0 Å². The molecule has 2 heterocycles. The number of rotatable bonds is 6. The van der Waals surface area contributed by atoms with Crippen molar-refractivity contribution in [3.05, 3.63) is 53.2 Å². The number of anilines is 1. The summed E-state index contributed by atoms with van der Waals surface area (Å²) in [7, 11) is 6.25. The summed E-state index contributed by atoms with van der Waals surface area (Å²) in [6.45, 7) is 3.03. The first-order valence-electron chi connectivity index (χ1n) is 8.00. The maximum Gasteiger partial charge on any atom is 0.274 e. The molecule has 0 aliphatic rings. The van der Waals surface area contributed by atoms with Gasteiger partial charge < -0.3 is 14.2 Å². The summed E-state index contributed by atoms with van der Waals surface area (Å²) in [5.41, 5.74) is 2.50. The van der Waals surface area contributed by atoms with Crippen molar-refractivity contribution in [2.75, 3.05) is 26.0 Å². The summed E-state index contributed by atoms with van der Waals surface area (Å²) in [5.74, 6) is 1.29. The van der Waals surface area contributed by atoms with Crippen LogP contribution < -0.4 is 9.80 Å². The molecule has 1 unspecified atom stereocenters. The molecular formula is C18H23N4OS+. The van der Waals surface area contributed by atoms with Crippen LogP contribution in [0.2, 0.25) is 0 Å². The van der Waals surface area contributed by atoms with Gasteiger partial charge in [-0.15, -0.1) is 21.5 Å². The Kier molecular flexibility index (Phi) is 4.97. The molecule has 0 radical (unpaired) electrons. The number of benzene rings is 1. The van der Waals surface area contributed by atoms with E-state index in [9.17, 15) is 0 Å². The van der Waals surface area contributed by atoms with Gasteiger partial charge in [0.2, 0.25) is 0 Å². The van der Waals surface area contributed by atoms with Crippen LogP contribution in [0.5, 0.6) is 0 Å². The van der Waals surface area contributed by atoms with Crippen LogP contribution in [-0.2, 0) is 6.54 Å². The monoisotopic (exact) mass is 343 g/mol. The van der Waals surface area contributed by atoms with Gasteiger partial charge in [0.25, 0.3) is 11.8 Å². The van der Waals surface area contributed by atoms with Gasteiger partial charge in [0.05, 0.1) is 11.9 Å². The number of nitrogens with one attached hydrogen (secondary N) is 1. The van der Waals surface area contributed by atoms with Crippen molar-refractivity contribution >= 4 is 17.0 Å². The highest BCUT2D eigenvalue weighted by molar-refractivity contribution is 7.13. The lowest BCUT2D eigenvalue weighted by Crippen LogP contribution is -3.07. The van der Waals surface area contributed by atoms with Crippen molar-refractivity contribution < 1.29 is 9.32 Å². The van der Waals surface area contributed by atoms with E-state index in [0.29, 0.717) is 11.8 Å². The van der Waals surface area contributed by atoms with E-state index in [-0.39, 0.29) is 6.04 Å². The van der Waals surface area contributed by atoms with Crippen molar-refractivity contribution in [2.24, 2.45) is 0 Å². The van der Waals surface area contributed by atoms with Crippen LogP contribution in [0.4, 0.5) is 5.69 Å².